The zero-order valence-corrected chi connectivity index (χ0v) is 22.0. The molecule has 3 aliphatic rings. The van der Waals surface area contributed by atoms with Gasteiger partial charge in [-0.15, -0.1) is 0 Å². The standard InChI is InChI=1S/C29H30N2O5S/c1-29(2,3)36-28(35)25(22-10-6-8-18-7-4-5-9-21(18)22)30-13-14-37-17-19(16-30)31-26(33)23-12-11-20(32)15-24(23)27(31)34/h4-10,12,15,19,25H,11,13-14,16-17H2,1-3H3. The summed E-state index contributed by atoms with van der Waals surface area (Å²) in [6, 6.07) is 12.7. The number of thioether (sulfide) groups is 1. The summed E-state index contributed by atoms with van der Waals surface area (Å²) in [4.78, 5) is 55.5. The minimum atomic E-state index is -0.707. The second kappa shape index (κ2) is 9.91. The highest BCUT2D eigenvalue weighted by Gasteiger charge is 2.46. The Kier molecular flexibility index (Phi) is 6.81. The highest BCUT2D eigenvalue weighted by atomic mass is 32.2. The van der Waals surface area contributed by atoms with Crippen LogP contribution in [0.5, 0.6) is 0 Å². The van der Waals surface area contributed by atoms with Crippen LogP contribution in [-0.4, -0.2) is 69.6 Å². The minimum Gasteiger partial charge on any atom is -0.459 e. The van der Waals surface area contributed by atoms with Gasteiger partial charge in [-0.3, -0.25) is 24.2 Å². The number of hydrogen-bond donors (Lipinski definition) is 0. The molecule has 0 saturated carbocycles. The number of allylic oxidation sites excluding steroid dienone is 2. The first-order valence-corrected chi connectivity index (χ1v) is 13.6. The first-order chi connectivity index (χ1) is 17.6. The molecule has 2 saturated heterocycles. The van der Waals surface area contributed by atoms with Gasteiger partial charge in [0.25, 0.3) is 11.8 Å². The Labute approximate surface area is 220 Å². The Morgan fingerprint density at radius 3 is 2.54 bits per heavy atom. The van der Waals surface area contributed by atoms with Crippen molar-refractivity contribution < 1.29 is 23.9 Å². The predicted octanol–water partition coefficient (Wildman–Crippen LogP) is 3.83. The Morgan fingerprint density at radius 2 is 1.76 bits per heavy atom. The fraction of sp³-hybridized carbons (Fsp3) is 0.379. The summed E-state index contributed by atoms with van der Waals surface area (Å²) < 4.78 is 5.90. The van der Waals surface area contributed by atoms with Crippen LogP contribution in [0.25, 0.3) is 10.8 Å². The number of ether oxygens (including phenoxy) is 1. The molecule has 7 nitrogen and oxygen atoms in total. The number of benzene rings is 2. The molecule has 2 amide bonds. The summed E-state index contributed by atoms with van der Waals surface area (Å²) in [5, 5.41) is 1.98. The third-order valence-electron chi connectivity index (χ3n) is 6.76. The Balaban J connectivity index is 1.53. The normalized spacial score (nSPS) is 21.9. The van der Waals surface area contributed by atoms with E-state index in [1.165, 1.54) is 11.0 Å². The molecule has 0 N–H and O–H groups in total. The second-order valence-electron chi connectivity index (χ2n) is 10.6. The Bertz CT molecular complexity index is 1350. The van der Waals surface area contributed by atoms with E-state index in [9.17, 15) is 19.2 Å². The zero-order chi connectivity index (χ0) is 26.3. The third kappa shape index (κ3) is 5.00. The number of likely N-dealkylation sites (tertiary alicyclic amines) is 1. The van der Waals surface area contributed by atoms with E-state index in [4.69, 9.17) is 4.74 Å². The molecule has 2 unspecified atom stereocenters. The molecule has 8 heteroatoms. The molecule has 0 aromatic heterocycles. The molecular formula is C29H30N2O5S. The summed E-state index contributed by atoms with van der Waals surface area (Å²) >= 11 is 1.65. The second-order valence-corrected chi connectivity index (χ2v) is 11.7. The number of hydrogen-bond acceptors (Lipinski definition) is 7. The van der Waals surface area contributed by atoms with Crippen LogP contribution in [0.3, 0.4) is 0 Å². The van der Waals surface area contributed by atoms with Crippen molar-refractivity contribution in [3.63, 3.8) is 0 Å². The lowest BCUT2D eigenvalue weighted by Crippen LogP contribution is -2.49. The molecule has 2 atom stereocenters. The molecular weight excluding hydrogens is 488 g/mol. The lowest BCUT2D eigenvalue weighted by molar-refractivity contribution is -0.162. The molecule has 2 heterocycles. The monoisotopic (exact) mass is 518 g/mol. The quantitative estimate of drug-likeness (QED) is 0.449. The number of carbonyl (C=O) groups is 4. The van der Waals surface area contributed by atoms with Crippen LogP contribution < -0.4 is 0 Å². The van der Waals surface area contributed by atoms with E-state index in [0.717, 1.165) is 22.1 Å². The van der Waals surface area contributed by atoms with E-state index < -0.39 is 23.6 Å². The number of imide groups is 1. The van der Waals surface area contributed by atoms with Crippen molar-refractivity contribution in [1.29, 1.82) is 0 Å². The molecule has 0 spiro atoms. The van der Waals surface area contributed by atoms with Gasteiger partial charge >= 0.3 is 5.97 Å². The van der Waals surface area contributed by atoms with Crippen molar-refractivity contribution in [2.45, 2.75) is 44.9 Å². The van der Waals surface area contributed by atoms with Crippen molar-refractivity contribution in [1.82, 2.24) is 9.80 Å². The number of fused-ring (bicyclic) bond motifs is 2. The van der Waals surface area contributed by atoms with Crippen molar-refractivity contribution in [3.8, 4) is 0 Å². The minimum absolute atomic E-state index is 0.124. The first-order valence-electron chi connectivity index (χ1n) is 12.5. The number of rotatable bonds is 4. The average molecular weight is 519 g/mol. The maximum atomic E-state index is 13.7. The molecule has 2 aliphatic heterocycles. The molecule has 2 fully saturated rings. The zero-order valence-electron chi connectivity index (χ0n) is 21.2. The number of nitrogens with zero attached hydrogens (tertiary/aromatic N) is 2. The molecule has 1 aliphatic carbocycles. The van der Waals surface area contributed by atoms with E-state index in [1.807, 2.05) is 68.1 Å². The highest BCUT2D eigenvalue weighted by Crippen LogP contribution is 2.35. The number of esters is 1. The van der Waals surface area contributed by atoms with Crippen molar-refractivity contribution in [2.75, 3.05) is 24.6 Å². The van der Waals surface area contributed by atoms with Crippen LogP contribution in [0.1, 0.15) is 38.8 Å². The van der Waals surface area contributed by atoms with E-state index in [-0.39, 0.29) is 29.7 Å². The van der Waals surface area contributed by atoms with Gasteiger partial charge in [0.05, 0.1) is 11.6 Å². The number of amides is 2. The Morgan fingerprint density at radius 1 is 1.03 bits per heavy atom. The molecule has 192 valence electrons. The fourth-order valence-corrected chi connectivity index (χ4v) is 6.26. The van der Waals surface area contributed by atoms with Gasteiger partial charge in [0.1, 0.15) is 11.6 Å². The van der Waals surface area contributed by atoms with Crippen molar-refractivity contribution >= 4 is 46.1 Å². The number of ketones is 1. The van der Waals surface area contributed by atoms with Gasteiger partial charge in [0.15, 0.2) is 5.78 Å². The third-order valence-corrected chi connectivity index (χ3v) is 7.85. The van der Waals surface area contributed by atoms with Crippen LogP contribution in [0.4, 0.5) is 0 Å². The highest BCUT2D eigenvalue weighted by molar-refractivity contribution is 7.99. The lowest BCUT2D eigenvalue weighted by Gasteiger charge is -2.35. The van der Waals surface area contributed by atoms with E-state index >= 15 is 0 Å². The average Bonchev–Trinajstić information content (AvgIpc) is 2.98. The van der Waals surface area contributed by atoms with Crippen LogP contribution in [0, 0.1) is 0 Å². The summed E-state index contributed by atoms with van der Waals surface area (Å²) in [6.45, 7) is 6.45. The predicted molar refractivity (Wildman–Crippen MR) is 143 cm³/mol. The van der Waals surface area contributed by atoms with Crippen molar-refractivity contribution in [3.05, 3.63) is 71.3 Å². The number of carbonyl (C=O) groups excluding carboxylic acids is 4. The summed E-state index contributed by atoms with van der Waals surface area (Å²) in [6.07, 6.45) is 2.97. The largest absolute Gasteiger partial charge is 0.459 e. The Hall–Kier alpha value is -3.23. The van der Waals surface area contributed by atoms with E-state index in [2.05, 4.69) is 0 Å². The molecule has 2 aromatic carbocycles. The van der Waals surface area contributed by atoms with Crippen LogP contribution in [-0.2, 0) is 23.9 Å². The van der Waals surface area contributed by atoms with Gasteiger partial charge in [-0.1, -0.05) is 48.5 Å². The SMILES string of the molecule is CC(C)(C)OC(=O)C(c1cccc2ccccc12)N1CCSCC(N2C(=O)C3=CCC(=O)C=C3C2=O)C1. The van der Waals surface area contributed by atoms with E-state index in [1.54, 1.807) is 17.8 Å². The summed E-state index contributed by atoms with van der Waals surface area (Å²) in [5.74, 6) is -0.0524. The van der Waals surface area contributed by atoms with Gasteiger partial charge in [-0.05, 0) is 43.2 Å². The first kappa shape index (κ1) is 25.4. The lowest BCUT2D eigenvalue weighted by atomic mass is 9.97. The molecule has 0 bridgehead atoms. The van der Waals surface area contributed by atoms with Crippen LogP contribution in [0.15, 0.2) is 65.8 Å². The van der Waals surface area contributed by atoms with Gasteiger partial charge in [-0.25, -0.2) is 4.79 Å². The fourth-order valence-electron chi connectivity index (χ4n) is 5.20. The molecule has 2 aromatic rings. The van der Waals surface area contributed by atoms with Gasteiger partial charge < -0.3 is 4.74 Å². The van der Waals surface area contributed by atoms with Crippen LogP contribution in [0.2, 0.25) is 0 Å². The van der Waals surface area contributed by atoms with E-state index in [0.29, 0.717) is 24.4 Å². The molecule has 0 radical (unpaired) electrons. The van der Waals surface area contributed by atoms with Gasteiger partial charge in [-0.2, -0.15) is 11.8 Å². The topological polar surface area (TPSA) is 84.0 Å². The summed E-state index contributed by atoms with van der Waals surface area (Å²) in [7, 11) is 0. The van der Waals surface area contributed by atoms with Gasteiger partial charge in [0, 0.05) is 36.6 Å². The summed E-state index contributed by atoms with van der Waals surface area (Å²) in [5.41, 5.74) is 0.645. The molecule has 5 rings (SSSR count). The maximum absolute atomic E-state index is 13.7. The molecule has 37 heavy (non-hydrogen) atoms. The van der Waals surface area contributed by atoms with Crippen molar-refractivity contribution in [2.24, 2.45) is 0 Å². The maximum Gasteiger partial charge on any atom is 0.328 e. The van der Waals surface area contributed by atoms with Crippen LogP contribution >= 0.6 is 11.8 Å². The smallest absolute Gasteiger partial charge is 0.328 e. The van der Waals surface area contributed by atoms with Gasteiger partial charge in [0.2, 0.25) is 0 Å².